The van der Waals surface area contributed by atoms with Gasteiger partial charge in [-0.3, -0.25) is 24.0 Å². The van der Waals surface area contributed by atoms with Gasteiger partial charge in [0.2, 0.25) is 11.9 Å². The summed E-state index contributed by atoms with van der Waals surface area (Å²) in [6.45, 7) is 13.7. The highest BCUT2D eigenvalue weighted by Gasteiger charge is 2.28. The molecular formula is C25H35N7O2. The summed E-state index contributed by atoms with van der Waals surface area (Å²) in [7, 11) is 0. The minimum absolute atomic E-state index is 0.0211. The highest BCUT2D eigenvalue weighted by Crippen LogP contribution is 2.17. The second-order valence-electron chi connectivity index (χ2n) is 8.26. The SMILES string of the molecule is C=CC(=O)N1CCN(CCn2c(=O)ccc3cnc(NC(/C=N\CC)=C/C)nc32)[C@@H](CCC)C1. The van der Waals surface area contributed by atoms with E-state index in [9.17, 15) is 9.59 Å². The molecule has 1 atom stereocenters. The number of hydrogen-bond acceptors (Lipinski definition) is 7. The van der Waals surface area contributed by atoms with E-state index in [1.165, 1.54) is 6.08 Å². The Kier molecular flexibility index (Phi) is 9.09. The van der Waals surface area contributed by atoms with E-state index in [1.54, 1.807) is 29.1 Å². The van der Waals surface area contributed by atoms with Crippen LogP contribution in [0, 0.1) is 0 Å². The molecule has 1 aliphatic heterocycles. The highest BCUT2D eigenvalue weighted by molar-refractivity contribution is 5.87. The molecule has 0 unspecified atom stereocenters. The molecule has 0 saturated carbocycles. The summed E-state index contributed by atoms with van der Waals surface area (Å²) in [5, 5.41) is 3.98. The molecule has 3 heterocycles. The van der Waals surface area contributed by atoms with Crippen LogP contribution in [0.4, 0.5) is 5.95 Å². The Morgan fingerprint density at radius 1 is 1.29 bits per heavy atom. The number of rotatable bonds is 10. The van der Waals surface area contributed by atoms with Gasteiger partial charge in [0.25, 0.3) is 5.56 Å². The zero-order valence-corrected chi connectivity index (χ0v) is 20.4. The lowest BCUT2D eigenvalue weighted by Crippen LogP contribution is -2.55. The lowest BCUT2D eigenvalue weighted by molar-refractivity contribution is -0.129. The molecule has 0 spiro atoms. The standard InChI is InChI=1S/C25H35N7O2/c1-5-9-21-18-31(22(33)7-3)13-12-30(21)14-15-32-23(34)11-10-19-16-27-25(29-24(19)32)28-20(6-2)17-26-8-4/h6-7,10-11,16-17,21H,3,5,8-9,12-15,18H2,1-2,4H3,(H,27,28,29)/b20-6+,26-17-/t21-/m0/s1. The Bertz CT molecular complexity index is 1120. The van der Waals surface area contributed by atoms with Gasteiger partial charge >= 0.3 is 0 Å². The van der Waals surface area contributed by atoms with Gasteiger partial charge in [-0.15, -0.1) is 0 Å². The number of carbonyl (C=O) groups is 1. The molecule has 1 fully saturated rings. The summed E-state index contributed by atoms with van der Waals surface area (Å²) in [6.07, 6.45) is 8.78. The van der Waals surface area contributed by atoms with E-state index in [2.05, 4.69) is 38.7 Å². The number of hydrogen-bond donors (Lipinski definition) is 1. The quantitative estimate of drug-likeness (QED) is 0.428. The van der Waals surface area contributed by atoms with E-state index in [1.807, 2.05) is 24.8 Å². The van der Waals surface area contributed by atoms with Crippen LogP contribution < -0.4 is 10.9 Å². The minimum Gasteiger partial charge on any atom is -0.336 e. The number of piperazine rings is 1. The predicted molar refractivity (Wildman–Crippen MR) is 137 cm³/mol. The molecule has 34 heavy (non-hydrogen) atoms. The molecule has 0 bridgehead atoms. The van der Waals surface area contributed by atoms with Gasteiger partial charge in [-0.25, -0.2) is 4.98 Å². The molecule has 182 valence electrons. The Morgan fingerprint density at radius 3 is 2.82 bits per heavy atom. The van der Waals surface area contributed by atoms with E-state index < -0.39 is 0 Å². The van der Waals surface area contributed by atoms with Gasteiger partial charge < -0.3 is 10.2 Å². The number of fused-ring (bicyclic) bond motifs is 1. The average Bonchev–Trinajstić information content (AvgIpc) is 2.86. The zero-order valence-electron chi connectivity index (χ0n) is 20.4. The van der Waals surface area contributed by atoms with Gasteiger partial charge in [-0.2, -0.15) is 4.98 Å². The molecule has 0 aromatic carbocycles. The van der Waals surface area contributed by atoms with Gasteiger partial charge in [0, 0.05) is 69.2 Å². The number of anilines is 1. The fourth-order valence-corrected chi connectivity index (χ4v) is 4.20. The van der Waals surface area contributed by atoms with Gasteiger partial charge in [0.05, 0.1) is 5.70 Å². The minimum atomic E-state index is -0.0940. The summed E-state index contributed by atoms with van der Waals surface area (Å²) >= 11 is 0. The first-order valence-corrected chi connectivity index (χ1v) is 12.0. The maximum Gasteiger partial charge on any atom is 0.252 e. The van der Waals surface area contributed by atoms with Crippen molar-refractivity contribution in [1.82, 2.24) is 24.3 Å². The molecule has 1 N–H and O–H groups in total. The molecule has 9 heteroatoms. The van der Waals surface area contributed by atoms with Gasteiger partial charge in [0.1, 0.15) is 5.65 Å². The lowest BCUT2D eigenvalue weighted by atomic mass is 10.1. The molecule has 2 aromatic rings. The first kappa shape index (κ1) is 25.3. The third-order valence-corrected chi connectivity index (χ3v) is 6.03. The zero-order chi connectivity index (χ0) is 24.5. The lowest BCUT2D eigenvalue weighted by Gasteiger charge is -2.41. The summed E-state index contributed by atoms with van der Waals surface area (Å²) < 4.78 is 1.71. The van der Waals surface area contributed by atoms with Crippen LogP contribution in [-0.4, -0.2) is 75.2 Å². The number of amides is 1. The van der Waals surface area contributed by atoms with Crippen molar-refractivity contribution in [2.24, 2.45) is 4.99 Å². The molecule has 0 radical (unpaired) electrons. The Morgan fingerprint density at radius 2 is 2.12 bits per heavy atom. The molecule has 3 rings (SSSR count). The van der Waals surface area contributed by atoms with Crippen LogP contribution in [0.5, 0.6) is 0 Å². The van der Waals surface area contributed by atoms with Crippen LogP contribution in [-0.2, 0) is 11.3 Å². The van der Waals surface area contributed by atoms with Crippen LogP contribution in [0.3, 0.4) is 0 Å². The number of aromatic nitrogens is 3. The first-order valence-electron chi connectivity index (χ1n) is 12.0. The molecular weight excluding hydrogens is 430 g/mol. The van der Waals surface area contributed by atoms with Crippen LogP contribution >= 0.6 is 0 Å². The Labute approximate surface area is 200 Å². The third kappa shape index (κ3) is 6.17. The topological polar surface area (TPSA) is 95.7 Å². The van der Waals surface area contributed by atoms with Crippen molar-refractivity contribution in [3.63, 3.8) is 0 Å². The number of allylic oxidation sites excluding steroid dienone is 2. The Hall–Kier alpha value is -3.33. The van der Waals surface area contributed by atoms with Gasteiger partial charge in [0.15, 0.2) is 0 Å². The second-order valence-corrected chi connectivity index (χ2v) is 8.26. The monoisotopic (exact) mass is 465 g/mol. The second kappa shape index (κ2) is 12.2. The van der Waals surface area contributed by atoms with Crippen LogP contribution in [0.1, 0.15) is 33.6 Å². The third-order valence-electron chi connectivity index (χ3n) is 6.03. The molecule has 2 aromatic heterocycles. The van der Waals surface area contributed by atoms with E-state index in [0.717, 1.165) is 30.5 Å². The molecule has 1 amide bonds. The summed E-state index contributed by atoms with van der Waals surface area (Å²) in [5.41, 5.74) is 1.30. The molecule has 1 saturated heterocycles. The maximum atomic E-state index is 12.8. The molecule has 1 aliphatic rings. The van der Waals surface area contributed by atoms with Crippen molar-refractivity contribution in [2.75, 3.05) is 38.0 Å². The Balaban J connectivity index is 1.81. The fraction of sp³-hybridized carbons (Fsp3) is 0.480. The van der Waals surface area contributed by atoms with E-state index in [-0.39, 0.29) is 17.5 Å². The number of carbonyl (C=O) groups excluding carboxylic acids is 1. The van der Waals surface area contributed by atoms with Crippen molar-refractivity contribution < 1.29 is 4.79 Å². The first-order chi connectivity index (χ1) is 16.5. The van der Waals surface area contributed by atoms with Crippen molar-refractivity contribution in [2.45, 2.75) is 46.2 Å². The van der Waals surface area contributed by atoms with Crippen molar-refractivity contribution in [3.05, 3.63) is 53.1 Å². The average molecular weight is 466 g/mol. The van der Waals surface area contributed by atoms with E-state index >= 15 is 0 Å². The smallest absolute Gasteiger partial charge is 0.252 e. The fourth-order valence-electron chi connectivity index (χ4n) is 4.20. The van der Waals surface area contributed by atoms with Crippen LogP contribution in [0.2, 0.25) is 0 Å². The normalized spacial score (nSPS) is 17.4. The number of pyridine rings is 1. The molecule has 9 nitrogen and oxygen atoms in total. The summed E-state index contributed by atoms with van der Waals surface area (Å²) in [4.78, 5) is 42.4. The van der Waals surface area contributed by atoms with Gasteiger partial charge in [-0.05, 0) is 32.4 Å². The largest absolute Gasteiger partial charge is 0.336 e. The maximum absolute atomic E-state index is 12.8. The van der Waals surface area contributed by atoms with Gasteiger partial charge in [-0.1, -0.05) is 26.0 Å². The van der Waals surface area contributed by atoms with Crippen LogP contribution in [0.25, 0.3) is 11.0 Å². The number of nitrogens with zero attached hydrogens (tertiary/aromatic N) is 6. The van der Waals surface area contributed by atoms with Crippen molar-refractivity contribution in [1.29, 1.82) is 0 Å². The predicted octanol–water partition coefficient (Wildman–Crippen LogP) is 2.70. The van der Waals surface area contributed by atoms with Crippen molar-refractivity contribution in [3.8, 4) is 0 Å². The van der Waals surface area contributed by atoms with E-state index in [4.69, 9.17) is 0 Å². The number of nitrogens with one attached hydrogen (secondary N) is 1. The highest BCUT2D eigenvalue weighted by atomic mass is 16.2. The molecule has 0 aliphatic carbocycles. The number of aliphatic imine (C=N–C) groups is 1. The summed E-state index contributed by atoms with van der Waals surface area (Å²) in [5.74, 6) is 0.398. The van der Waals surface area contributed by atoms with Crippen molar-refractivity contribution >= 4 is 29.1 Å². The summed E-state index contributed by atoms with van der Waals surface area (Å²) in [6, 6.07) is 3.58. The van der Waals surface area contributed by atoms with Crippen LogP contribution in [0.15, 0.2) is 52.5 Å². The van der Waals surface area contributed by atoms with E-state index in [0.29, 0.717) is 44.3 Å².